The van der Waals surface area contributed by atoms with E-state index in [-0.39, 0.29) is 24.0 Å². The van der Waals surface area contributed by atoms with Gasteiger partial charge in [0.1, 0.15) is 6.61 Å². The Morgan fingerprint density at radius 2 is 2.14 bits per heavy atom. The summed E-state index contributed by atoms with van der Waals surface area (Å²) in [5.74, 6) is -0.0968. The van der Waals surface area contributed by atoms with Crippen molar-refractivity contribution < 1.29 is 9.53 Å². The molecular weight excluding hydrogens is 202 g/mol. The van der Waals surface area contributed by atoms with Gasteiger partial charge in [-0.3, -0.25) is 4.79 Å². The van der Waals surface area contributed by atoms with Crippen LogP contribution in [0.25, 0.3) is 0 Å². The lowest BCUT2D eigenvalue weighted by molar-refractivity contribution is -0.127. The van der Waals surface area contributed by atoms with Crippen molar-refractivity contribution in [2.24, 2.45) is 0 Å². The Balaban J connectivity index is 3.43. The molecule has 0 rings (SSSR count). The Kier molecular flexibility index (Phi) is 7.90. The summed E-state index contributed by atoms with van der Waals surface area (Å²) in [5, 5.41) is 2.76. The fourth-order valence-corrected chi connectivity index (χ4v) is 1.23. The van der Waals surface area contributed by atoms with Crippen LogP contribution in [0.15, 0.2) is 0 Å². The van der Waals surface area contributed by atoms with Gasteiger partial charge in [-0.15, -0.1) is 11.6 Å². The molecule has 84 valence electrons. The topological polar surface area (TPSA) is 38.3 Å². The first-order valence-corrected chi connectivity index (χ1v) is 5.52. The van der Waals surface area contributed by atoms with Crippen LogP contribution in [0.2, 0.25) is 0 Å². The second-order valence-electron chi connectivity index (χ2n) is 3.55. The molecule has 1 unspecified atom stereocenters. The quantitative estimate of drug-likeness (QED) is 0.668. The van der Waals surface area contributed by atoms with Gasteiger partial charge in [-0.05, 0) is 20.3 Å². The molecule has 1 atom stereocenters. The van der Waals surface area contributed by atoms with Crippen LogP contribution in [-0.4, -0.2) is 30.5 Å². The summed E-state index contributed by atoms with van der Waals surface area (Å²) in [4.78, 5) is 11.2. The molecule has 0 bridgehead atoms. The van der Waals surface area contributed by atoms with Crippen molar-refractivity contribution in [1.29, 1.82) is 0 Å². The van der Waals surface area contributed by atoms with Gasteiger partial charge in [-0.2, -0.15) is 0 Å². The number of alkyl halides is 1. The maximum atomic E-state index is 11.2. The number of ether oxygens (including phenoxy) is 1. The molecule has 1 amide bonds. The van der Waals surface area contributed by atoms with Gasteiger partial charge in [-0.1, -0.05) is 13.3 Å². The standard InChI is InChI=1S/C10H20ClNO2/c1-4-5-9(11)6-12-10(13)7-14-8(2)3/h8-9H,4-7H2,1-3H3,(H,12,13). The highest BCUT2D eigenvalue weighted by Crippen LogP contribution is 2.02. The first-order chi connectivity index (χ1) is 6.56. The predicted octanol–water partition coefficient (Wildman–Crippen LogP) is 1.94. The number of halogens is 1. The fraction of sp³-hybridized carbons (Fsp3) is 0.900. The van der Waals surface area contributed by atoms with Gasteiger partial charge in [0.2, 0.25) is 5.91 Å². The van der Waals surface area contributed by atoms with E-state index in [4.69, 9.17) is 16.3 Å². The van der Waals surface area contributed by atoms with Crippen molar-refractivity contribution in [1.82, 2.24) is 5.32 Å². The maximum Gasteiger partial charge on any atom is 0.246 e. The highest BCUT2D eigenvalue weighted by atomic mass is 35.5. The maximum absolute atomic E-state index is 11.2. The van der Waals surface area contributed by atoms with E-state index in [1.807, 2.05) is 13.8 Å². The van der Waals surface area contributed by atoms with Gasteiger partial charge in [0, 0.05) is 6.54 Å². The van der Waals surface area contributed by atoms with Gasteiger partial charge >= 0.3 is 0 Å². The van der Waals surface area contributed by atoms with E-state index in [0.717, 1.165) is 12.8 Å². The second-order valence-corrected chi connectivity index (χ2v) is 4.17. The molecule has 0 fully saturated rings. The number of rotatable bonds is 7. The third-order valence-corrected chi connectivity index (χ3v) is 2.04. The van der Waals surface area contributed by atoms with Crippen molar-refractivity contribution in [3.63, 3.8) is 0 Å². The number of carbonyl (C=O) groups excluding carboxylic acids is 1. The van der Waals surface area contributed by atoms with Crippen LogP contribution in [0.4, 0.5) is 0 Å². The first-order valence-electron chi connectivity index (χ1n) is 5.08. The Morgan fingerprint density at radius 1 is 1.50 bits per heavy atom. The average molecular weight is 222 g/mol. The van der Waals surface area contributed by atoms with E-state index in [2.05, 4.69) is 12.2 Å². The number of amides is 1. The zero-order chi connectivity index (χ0) is 11.0. The van der Waals surface area contributed by atoms with Gasteiger partial charge in [0.25, 0.3) is 0 Å². The third-order valence-electron chi connectivity index (χ3n) is 1.67. The number of hydrogen-bond donors (Lipinski definition) is 1. The molecule has 0 heterocycles. The molecule has 4 heteroatoms. The zero-order valence-electron chi connectivity index (χ0n) is 9.18. The molecule has 0 saturated carbocycles. The van der Waals surface area contributed by atoms with E-state index in [1.165, 1.54) is 0 Å². The lowest BCUT2D eigenvalue weighted by Crippen LogP contribution is -2.33. The van der Waals surface area contributed by atoms with Gasteiger partial charge in [0.15, 0.2) is 0 Å². The molecule has 0 aromatic carbocycles. The van der Waals surface area contributed by atoms with Crippen molar-refractivity contribution >= 4 is 17.5 Å². The Bertz CT molecular complexity index is 162. The summed E-state index contributed by atoms with van der Waals surface area (Å²) in [7, 11) is 0. The molecule has 0 aromatic rings. The smallest absolute Gasteiger partial charge is 0.246 e. The highest BCUT2D eigenvalue weighted by Gasteiger charge is 2.06. The van der Waals surface area contributed by atoms with Crippen LogP contribution in [-0.2, 0) is 9.53 Å². The lowest BCUT2D eigenvalue weighted by atomic mass is 10.2. The van der Waals surface area contributed by atoms with Gasteiger partial charge in [-0.25, -0.2) is 0 Å². The van der Waals surface area contributed by atoms with Crippen molar-refractivity contribution in [3.8, 4) is 0 Å². The Hall–Kier alpha value is -0.280. The van der Waals surface area contributed by atoms with Crippen LogP contribution in [0, 0.1) is 0 Å². The van der Waals surface area contributed by atoms with Crippen molar-refractivity contribution in [3.05, 3.63) is 0 Å². The SMILES string of the molecule is CCCC(Cl)CNC(=O)COC(C)C. The molecular formula is C10H20ClNO2. The molecule has 0 aliphatic carbocycles. The minimum Gasteiger partial charge on any atom is -0.369 e. The largest absolute Gasteiger partial charge is 0.369 e. The van der Waals surface area contributed by atoms with Crippen molar-refractivity contribution in [2.45, 2.75) is 45.1 Å². The first kappa shape index (κ1) is 13.7. The number of hydrogen-bond acceptors (Lipinski definition) is 2. The number of carbonyl (C=O) groups is 1. The van der Waals surface area contributed by atoms with Crippen LogP contribution < -0.4 is 5.32 Å². The highest BCUT2D eigenvalue weighted by molar-refractivity contribution is 6.20. The van der Waals surface area contributed by atoms with Gasteiger partial charge in [0.05, 0.1) is 11.5 Å². The molecule has 0 aromatic heterocycles. The summed E-state index contributed by atoms with van der Waals surface area (Å²) in [6.07, 6.45) is 2.04. The third kappa shape index (κ3) is 8.32. The van der Waals surface area contributed by atoms with Crippen LogP contribution in [0.5, 0.6) is 0 Å². The Labute approximate surface area is 91.2 Å². The van der Waals surface area contributed by atoms with Crippen LogP contribution >= 0.6 is 11.6 Å². The molecule has 0 aliphatic heterocycles. The molecule has 0 saturated heterocycles. The van der Waals surface area contributed by atoms with Gasteiger partial charge < -0.3 is 10.1 Å². The predicted molar refractivity (Wildman–Crippen MR) is 58.6 cm³/mol. The normalized spacial score (nSPS) is 12.9. The van der Waals surface area contributed by atoms with E-state index < -0.39 is 0 Å². The minimum atomic E-state index is -0.0968. The summed E-state index contributed by atoms with van der Waals surface area (Å²) < 4.78 is 5.14. The molecule has 1 N–H and O–H groups in total. The monoisotopic (exact) mass is 221 g/mol. The van der Waals surface area contributed by atoms with Crippen LogP contribution in [0.3, 0.4) is 0 Å². The molecule has 14 heavy (non-hydrogen) atoms. The van der Waals surface area contributed by atoms with Crippen molar-refractivity contribution in [2.75, 3.05) is 13.2 Å². The minimum absolute atomic E-state index is 0.0306. The summed E-state index contributed by atoms with van der Waals surface area (Å²) in [6.45, 7) is 6.51. The zero-order valence-corrected chi connectivity index (χ0v) is 9.93. The Morgan fingerprint density at radius 3 is 2.64 bits per heavy atom. The van der Waals surface area contributed by atoms with E-state index in [9.17, 15) is 4.79 Å². The molecule has 0 radical (unpaired) electrons. The number of nitrogens with one attached hydrogen (secondary N) is 1. The lowest BCUT2D eigenvalue weighted by Gasteiger charge is -2.11. The van der Waals surface area contributed by atoms with Crippen LogP contribution in [0.1, 0.15) is 33.6 Å². The summed E-state index contributed by atoms with van der Waals surface area (Å²) in [6, 6.07) is 0. The van der Waals surface area contributed by atoms with E-state index in [0.29, 0.717) is 6.54 Å². The molecule has 0 aliphatic rings. The fourth-order valence-electron chi connectivity index (χ4n) is 0.933. The van der Waals surface area contributed by atoms with E-state index in [1.54, 1.807) is 0 Å². The summed E-state index contributed by atoms with van der Waals surface area (Å²) in [5.41, 5.74) is 0. The molecule has 0 spiro atoms. The molecule has 3 nitrogen and oxygen atoms in total. The van der Waals surface area contributed by atoms with E-state index >= 15 is 0 Å². The summed E-state index contributed by atoms with van der Waals surface area (Å²) >= 11 is 5.93. The average Bonchev–Trinajstić information content (AvgIpc) is 2.12. The second kappa shape index (κ2) is 8.06.